The maximum atomic E-state index is 13.2. The van der Waals surface area contributed by atoms with Gasteiger partial charge in [0.2, 0.25) is 0 Å². The number of anilines is 1. The van der Waals surface area contributed by atoms with E-state index in [1.807, 2.05) is 0 Å². The van der Waals surface area contributed by atoms with Crippen LogP contribution in [0.4, 0.5) is 18.9 Å². The number of benzene rings is 2. The number of sulfonamides is 1. The third-order valence-corrected chi connectivity index (χ3v) is 5.49. The summed E-state index contributed by atoms with van der Waals surface area (Å²) >= 11 is 0. The highest BCUT2D eigenvalue weighted by Crippen LogP contribution is 2.39. The van der Waals surface area contributed by atoms with E-state index in [-0.39, 0.29) is 29.5 Å². The average Bonchev–Trinajstić information content (AvgIpc) is 2.59. The van der Waals surface area contributed by atoms with Crippen LogP contribution in [0.25, 0.3) is 0 Å². The van der Waals surface area contributed by atoms with E-state index < -0.39 is 27.4 Å². The highest BCUT2D eigenvalue weighted by atomic mass is 32.2. The molecular formula is C19H22F3NO4S. The molecule has 0 unspecified atom stereocenters. The number of halogens is 3. The zero-order chi connectivity index (χ0) is 21.2. The van der Waals surface area contributed by atoms with Crippen LogP contribution in [0.15, 0.2) is 53.4 Å². The van der Waals surface area contributed by atoms with Gasteiger partial charge in [0.1, 0.15) is 5.75 Å². The third kappa shape index (κ3) is 5.17. The molecule has 2 aromatic carbocycles. The molecule has 0 fully saturated rings. The van der Waals surface area contributed by atoms with E-state index in [2.05, 4.69) is 0 Å². The second-order valence-electron chi connectivity index (χ2n) is 6.75. The van der Waals surface area contributed by atoms with Gasteiger partial charge in [0.05, 0.1) is 34.9 Å². The molecule has 28 heavy (non-hydrogen) atoms. The molecule has 0 atom stereocenters. The van der Waals surface area contributed by atoms with Crippen molar-refractivity contribution in [3.05, 3.63) is 54.1 Å². The largest absolute Gasteiger partial charge is 0.492 e. The van der Waals surface area contributed by atoms with E-state index in [4.69, 9.17) is 4.74 Å². The number of ether oxygens (including phenoxy) is 1. The lowest BCUT2D eigenvalue weighted by molar-refractivity contribution is -0.137. The van der Waals surface area contributed by atoms with E-state index >= 15 is 0 Å². The van der Waals surface area contributed by atoms with Gasteiger partial charge in [0, 0.05) is 0 Å². The molecule has 154 valence electrons. The summed E-state index contributed by atoms with van der Waals surface area (Å²) in [5, 5.41) is 10.2. The third-order valence-electron chi connectivity index (χ3n) is 3.72. The number of hydrogen-bond donors (Lipinski definition) is 1. The van der Waals surface area contributed by atoms with Crippen molar-refractivity contribution in [2.24, 2.45) is 0 Å². The molecule has 9 heteroatoms. The highest BCUT2D eigenvalue weighted by molar-refractivity contribution is 7.92. The zero-order valence-corrected chi connectivity index (χ0v) is 16.5. The molecule has 0 radical (unpaired) electrons. The van der Waals surface area contributed by atoms with Gasteiger partial charge in [-0.05, 0) is 51.1 Å². The lowest BCUT2D eigenvalue weighted by Crippen LogP contribution is -2.42. The SMILES string of the molecule is CCOc1cc(C(F)(F)F)ccc1N(CC(C)(C)O)S(=O)(=O)c1ccccc1. The Hall–Kier alpha value is -2.26. The molecule has 0 aliphatic carbocycles. The molecule has 5 nitrogen and oxygen atoms in total. The van der Waals surface area contributed by atoms with Gasteiger partial charge >= 0.3 is 6.18 Å². The molecule has 0 aromatic heterocycles. The molecule has 0 aliphatic heterocycles. The molecular weight excluding hydrogens is 395 g/mol. The van der Waals surface area contributed by atoms with Crippen molar-refractivity contribution in [2.75, 3.05) is 17.5 Å². The summed E-state index contributed by atoms with van der Waals surface area (Å²) < 4.78 is 71.8. The summed E-state index contributed by atoms with van der Waals surface area (Å²) in [6.45, 7) is 4.05. The van der Waals surface area contributed by atoms with Crippen LogP contribution in [0.3, 0.4) is 0 Å². The maximum absolute atomic E-state index is 13.2. The quantitative estimate of drug-likeness (QED) is 0.738. The minimum absolute atomic E-state index is 0.0378. The predicted molar refractivity (Wildman–Crippen MR) is 99.9 cm³/mol. The summed E-state index contributed by atoms with van der Waals surface area (Å²) in [5.41, 5.74) is -2.49. The van der Waals surface area contributed by atoms with Crippen molar-refractivity contribution in [3.8, 4) is 5.75 Å². The van der Waals surface area contributed by atoms with Gasteiger partial charge in [-0.2, -0.15) is 13.2 Å². The Balaban J connectivity index is 2.67. The minimum atomic E-state index is -4.61. The van der Waals surface area contributed by atoms with Crippen LogP contribution in [0.1, 0.15) is 26.3 Å². The monoisotopic (exact) mass is 417 g/mol. The van der Waals surface area contributed by atoms with Crippen molar-refractivity contribution in [3.63, 3.8) is 0 Å². The highest BCUT2D eigenvalue weighted by Gasteiger charge is 2.35. The number of nitrogens with zero attached hydrogens (tertiary/aromatic N) is 1. The number of alkyl halides is 3. The van der Waals surface area contributed by atoms with Gasteiger partial charge in [-0.1, -0.05) is 18.2 Å². The maximum Gasteiger partial charge on any atom is 0.416 e. The first-order chi connectivity index (χ1) is 12.9. The standard InChI is InChI=1S/C19H22F3NO4S/c1-4-27-17-12-14(19(20,21)22)10-11-16(17)23(13-18(2,3)24)28(25,26)15-8-6-5-7-9-15/h5-12,24H,4,13H2,1-3H3. The van der Waals surface area contributed by atoms with Gasteiger partial charge in [-0.3, -0.25) is 4.31 Å². The summed E-state index contributed by atoms with van der Waals surface area (Å²) in [4.78, 5) is -0.0541. The number of aliphatic hydroxyl groups is 1. The normalized spacial score (nSPS) is 12.7. The summed E-state index contributed by atoms with van der Waals surface area (Å²) in [7, 11) is -4.16. The van der Waals surface area contributed by atoms with Crippen LogP contribution in [0, 0.1) is 0 Å². The first kappa shape index (κ1) is 22.0. The Morgan fingerprint density at radius 1 is 1.07 bits per heavy atom. The molecule has 2 aromatic rings. The summed E-state index contributed by atoms with van der Waals surface area (Å²) in [6.07, 6.45) is -4.61. The van der Waals surface area contributed by atoms with Gasteiger partial charge in [0.15, 0.2) is 0 Å². The molecule has 1 N–H and O–H groups in total. The topological polar surface area (TPSA) is 66.8 Å². The molecule has 0 heterocycles. The number of hydrogen-bond acceptors (Lipinski definition) is 4. The van der Waals surface area contributed by atoms with Crippen molar-refractivity contribution in [1.29, 1.82) is 0 Å². The van der Waals surface area contributed by atoms with E-state index in [1.54, 1.807) is 13.0 Å². The van der Waals surface area contributed by atoms with Crippen LogP contribution in [0.2, 0.25) is 0 Å². The van der Waals surface area contributed by atoms with Crippen LogP contribution < -0.4 is 9.04 Å². The Morgan fingerprint density at radius 2 is 1.68 bits per heavy atom. The summed E-state index contributed by atoms with van der Waals surface area (Å²) in [6, 6.07) is 10.0. The van der Waals surface area contributed by atoms with Crippen molar-refractivity contribution < 1.29 is 31.4 Å². The lowest BCUT2D eigenvalue weighted by Gasteiger charge is -2.31. The Bertz CT molecular complexity index is 907. The van der Waals surface area contributed by atoms with Gasteiger partial charge < -0.3 is 9.84 Å². The Labute approximate surface area is 162 Å². The van der Waals surface area contributed by atoms with E-state index in [0.29, 0.717) is 0 Å². The Kier molecular flexibility index (Phi) is 6.30. The average molecular weight is 417 g/mol. The van der Waals surface area contributed by atoms with Crippen LogP contribution in [-0.4, -0.2) is 32.3 Å². The second kappa shape index (κ2) is 8.00. The summed E-state index contributed by atoms with van der Waals surface area (Å²) in [5.74, 6) is -0.235. The first-order valence-corrected chi connectivity index (χ1v) is 9.94. The predicted octanol–water partition coefficient (Wildman–Crippen LogP) is 4.07. The van der Waals surface area contributed by atoms with Crippen molar-refractivity contribution in [2.45, 2.75) is 37.4 Å². The molecule has 0 bridgehead atoms. The molecule has 0 saturated heterocycles. The van der Waals surface area contributed by atoms with E-state index in [1.165, 1.54) is 38.1 Å². The minimum Gasteiger partial charge on any atom is -0.492 e. The Morgan fingerprint density at radius 3 is 2.18 bits per heavy atom. The van der Waals surface area contributed by atoms with Crippen LogP contribution in [0.5, 0.6) is 5.75 Å². The van der Waals surface area contributed by atoms with E-state index in [0.717, 1.165) is 22.5 Å². The molecule has 2 rings (SSSR count). The van der Waals surface area contributed by atoms with Crippen molar-refractivity contribution >= 4 is 15.7 Å². The van der Waals surface area contributed by atoms with Crippen molar-refractivity contribution in [1.82, 2.24) is 0 Å². The first-order valence-electron chi connectivity index (χ1n) is 8.50. The fraction of sp³-hybridized carbons (Fsp3) is 0.368. The van der Waals surface area contributed by atoms with E-state index in [9.17, 15) is 26.7 Å². The fourth-order valence-electron chi connectivity index (χ4n) is 2.54. The van der Waals surface area contributed by atoms with Crippen LogP contribution in [-0.2, 0) is 16.2 Å². The van der Waals surface area contributed by atoms with Crippen LogP contribution >= 0.6 is 0 Å². The van der Waals surface area contributed by atoms with Gasteiger partial charge in [0.25, 0.3) is 10.0 Å². The zero-order valence-electron chi connectivity index (χ0n) is 15.7. The second-order valence-corrected chi connectivity index (χ2v) is 8.61. The fourth-order valence-corrected chi connectivity index (χ4v) is 4.19. The molecule has 0 saturated carbocycles. The number of rotatable bonds is 7. The van der Waals surface area contributed by atoms with Gasteiger partial charge in [-0.15, -0.1) is 0 Å². The smallest absolute Gasteiger partial charge is 0.416 e. The molecule has 0 aliphatic rings. The lowest BCUT2D eigenvalue weighted by atomic mass is 10.1. The molecule has 0 amide bonds. The molecule has 0 spiro atoms. The van der Waals surface area contributed by atoms with Gasteiger partial charge in [-0.25, -0.2) is 8.42 Å².